The molecule has 106 valence electrons. The molecule has 1 amide bonds. The first-order valence-corrected chi connectivity index (χ1v) is 7.50. The fourth-order valence-electron chi connectivity index (χ4n) is 2.52. The lowest BCUT2D eigenvalue weighted by molar-refractivity contribution is -0.122. The van der Waals surface area contributed by atoms with E-state index in [1.54, 1.807) is 0 Å². The fraction of sp³-hybridized carbons (Fsp3) is 0.929. The molecular formula is C14H29N3O. The first-order chi connectivity index (χ1) is 8.74. The number of hydrogen-bond acceptors (Lipinski definition) is 3. The van der Waals surface area contributed by atoms with E-state index in [0.717, 1.165) is 19.4 Å². The normalized spacial score (nSPS) is 19.2. The molecule has 0 spiro atoms. The number of amides is 1. The van der Waals surface area contributed by atoms with E-state index in [-0.39, 0.29) is 11.9 Å². The molecule has 1 rings (SSSR count). The molecule has 0 aliphatic heterocycles. The Hall–Kier alpha value is -0.610. The first kappa shape index (κ1) is 15.4. The molecule has 1 aliphatic rings. The molecule has 0 bridgehead atoms. The zero-order valence-corrected chi connectivity index (χ0v) is 11.7. The number of nitrogens with one attached hydrogen (secondary N) is 2. The van der Waals surface area contributed by atoms with Crippen LogP contribution >= 0.6 is 0 Å². The number of rotatable bonds is 7. The van der Waals surface area contributed by atoms with Crippen LogP contribution in [0.15, 0.2) is 0 Å². The van der Waals surface area contributed by atoms with Gasteiger partial charge in [0.1, 0.15) is 0 Å². The maximum Gasteiger partial charge on any atom is 0.236 e. The van der Waals surface area contributed by atoms with E-state index in [0.29, 0.717) is 12.6 Å². The fourth-order valence-corrected chi connectivity index (χ4v) is 2.52. The van der Waals surface area contributed by atoms with E-state index in [4.69, 9.17) is 5.73 Å². The Morgan fingerprint density at radius 3 is 2.50 bits per heavy atom. The molecule has 0 aromatic carbocycles. The predicted molar refractivity (Wildman–Crippen MR) is 75.4 cm³/mol. The van der Waals surface area contributed by atoms with Crippen LogP contribution in [-0.4, -0.2) is 31.1 Å². The number of carbonyl (C=O) groups is 1. The molecule has 4 nitrogen and oxygen atoms in total. The zero-order valence-electron chi connectivity index (χ0n) is 11.7. The molecule has 4 heteroatoms. The van der Waals surface area contributed by atoms with Crippen molar-refractivity contribution in [3.8, 4) is 0 Å². The Morgan fingerprint density at radius 1 is 1.22 bits per heavy atom. The van der Waals surface area contributed by atoms with Gasteiger partial charge in [0.05, 0.1) is 6.04 Å². The van der Waals surface area contributed by atoms with Crippen molar-refractivity contribution in [1.82, 2.24) is 10.6 Å². The van der Waals surface area contributed by atoms with E-state index in [9.17, 15) is 4.79 Å². The van der Waals surface area contributed by atoms with Gasteiger partial charge in [-0.25, -0.2) is 0 Å². The molecule has 1 unspecified atom stereocenters. The van der Waals surface area contributed by atoms with Crippen LogP contribution in [-0.2, 0) is 4.79 Å². The molecule has 0 saturated heterocycles. The third kappa shape index (κ3) is 6.36. The number of carbonyl (C=O) groups excluding carboxylic acids is 1. The van der Waals surface area contributed by atoms with Gasteiger partial charge in [0, 0.05) is 19.1 Å². The SMILES string of the molecule is CCCC(N)C(=O)NCCNC1CCCCCC1. The molecular weight excluding hydrogens is 226 g/mol. The van der Waals surface area contributed by atoms with E-state index in [1.165, 1.54) is 38.5 Å². The summed E-state index contributed by atoms with van der Waals surface area (Å²) in [6, 6.07) is 0.307. The van der Waals surface area contributed by atoms with Crippen molar-refractivity contribution in [1.29, 1.82) is 0 Å². The summed E-state index contributed by atoms with van der Waals surface area (Å²) in [4.78, 5) is 11.6. The van der Waals surface area contributed by atoms with E-state index in [1.807, 2.05) is 6.92 Å². The maximum absolute atomic E-state index is 11.6. The van der Waals surface area contributed by atoms with Crippen LogP contribution in [0.25, 0.3) is 0 Å². The molecule has 0 radical (unpaired) electrons. The Kier molecular flexibility index (Phi) is 8.01. The lowest BCUT2D eigenvalue weighted by atomic mass is 10.1. The van der Waals surface area contributed by atoms with Crippen molar-refractivity contribution in [2.45, 2.75) is 70.4 Å². The smallest absolute Gasteiger partial charge is 0.236 e. The summed E-state index contributed by atoms with van der Waals surface area (Å²) in [7, 11) is 0. The highest BCUT2D eigenvalue weighted by Gasteiger charge is 2.13. The van der Waals surface area contributed by atoms with Crippen LogP contribution in [0.3, 0.4) is 0 Å². The van der Waals surface area contributed by atoms with E-state index in [2.05, 4.69) is 10.6 Å². The second-order valence-corrected chi connectivity index (χ2v) is 5.33. The molecule has 4 N–H and O–H groups in total. The minimum absolute atomic E-state index is 0.0143. The van der Waals surface area contributed by atoms with Gasteiger partial charge in [-0.1, -0.05) is 39.0 Å². The standard InChI is InChI=1S/C14H29N3O/c1-2-7-13(15)14(18)17-11-10-16-12-8-5-3-4-6-9-12/h12-13,16H,2-11,15H2,1H3,(H,17,18). The largest absolute Gasteiger partial charge is 0.353 e. The van der Waals surface area contributed by atoms with Crippen LogP contribution in [0.5, 0.6) is 0 Å². The Balaban J connectivity index is 2.05. The second-order valence-electron chi connectivity index (χ2n) is 5.33. The minimum Gasteiger partial charge on any atom is -0.353 e. The summed E-state index contributed by atoms with van der Waals surface area (Å²) in [5.41, 5.74) is 5.74. The number of hydrogen-bond donors (Lipinski definition) is 3. The monoisotopic (exact) mass is 255 g/mol. The summed E-state index contributed by atoms with van der Waals surface area (Å²) < 4.78 is 0. The summed E-state index contributed by atoms with van der Waals surface area (Å²) >= 11 is 0. The van der Waals surface area contributed by atoms with Crippen molar-refractivity contribution in [2.75, 3.05) is 13.1 Å². The van der Waals surface area contributed by atoms with Gasteiger partial charge in [-0.2, -0.15) is 0 Å². The second kappa shape index (κ2) is 9.34. The topological polar surface area (TPSA) is 67.2 Å². The molecule has 1 aliphatic carbocycles. The Labute approximate surface area is 111 Å². The van der Waals surface area contributed by atoms with Gasteiger partial charge in [0.2, 0.25) is 5.91 Å². The Morgan fingerprint density at radius 2 is 1.89 bits per heavy atom. The van der Waals surface area contributed by atoms with Crippen LogP contribution in [0.1, 0.15) is 58.3 Å². The molecule has 0 aromatic heterocycles. The lowest BCUT2D eigenvalue weighted by Gasteiger charge is -2.17. The zero-order chi connectivity index (χ0) is 13.2. The first-order valence-electron chi connectivity index (χ1n) is 7.50. The molecule has 0 heterocycles. The minimum atomic E-state index is -0.340. The molecule has 1 fully saturated rings. The predicted octanol–water partition coefficient (Wildman–Crippen LogP) is 1.54. The third-order valence-electron chi connectivity index (χ3n) is 3.65. The van der Waals surface area contributed by atoms with Gasteiger partial charge in [0.15, 0.2) is 0 Å². The van der Waals surface area contributed by atoms with Crippen LogP contribution in [0, 0.1) is 0 Å². The summed E-state index contributed by atoms with van der Waals surface area (Å²) in [6.07, 6.45) is 9.71. The van der Waals surface area contributed by atoms with Gasteiger partial charge in [0.25, 0.3) is 0 Å². The maximum atomic E-state index is 11.6. The molecule has 0 aromatic rings. The number of nitrogens with two attached hydrogens (primary N) is 1. The highest BCUT2D eigenvalue weighted by molar-refractivity contribution is 5.81. The van der Waals surface area contributed by atoms with E-state index < -0.39 is 0 Å². The highest BCUT2D eigenvalue weighted by Crippen LogP contribution is 2.16. The summed E-state index contributed by atoms with van der Waals surface area (Å²) in [6.45, 7) is 3.59. The van der Waals surface area contributed by atoms with Crippen LogP contribution in [0.4, 0.5) is 0 Å². The van der Waals surface area contributed by atoms with Crippen molar-refractivity contribution in [3.05, 3.63) is 0 Å². The van der Waals surface area contributed by atoms with Crippen molar-refractivity contribution in [3.63, 3.8) is 0 Å². The molecule has 1 saturated carbocycles. The third-order valence-corrected chi connectivity index (χ3v) is 3.65. The van der Waals surface area contributed by atoms with Crippen LogP contribution < -0.4 is 16.4 Å². The van der Waals surface area contributed by atoms with Crippen molar-refractivity contribution >= 4 is 5.91 Å². The van der Waals surface area contributed by atoms with Gasteiger partial charge >= 0.3 is 0 Å². The average Bonchev–Trinajstić information content (AvgIpc) is 2.63. The van der Waals surface area contributed by atoms with Gasteiger partial charge in [-0.15, -0.1) is 0 Å². The van der Waals surface area contributed by atoms with Crippen LogP contribution in [0.2, 0.25) is 0 Å². The highest BCUT2D eigenvalue weighted by atomic mass is 16.2. The average molecular weight is 255 g/mol. The molecule has 18 heavy (non-hydrogen) atoms. The summed E-state index contributed by atoms with van der Waals surface area (Å²) in [5, 5.41) is 6.43. The molecule has 1 atom stereocenters. The Bertz CT molecular complexity index is 225. The van der Waals surface area contributed by atoms with Gasteiger partial charge in [-0.3, -0.25) is 4.79 Å². The quantitative estimate of drug-likeness (QED) is 0.477. The van der Waals surface area contributed by atoms with Gasteiger partial charge < -0.3 is 16.4 Å². The summed E-state index contributed by atoms with van der Waals surface area (Å²) in [5.74, 6) is -0.0143. The van der Waals surface area contributed by atoms with Crippen molar-refractivity contribution in [2.24, 2.45) is 5.73 Å². The lowest BCUT2D eigenvalue weighted by Crippen LogP contribution is -2.44. The van der Waals surface area contributed by atoms with Crippen molar-refractivity contribution < 1.29 is 4.79 Å². The van der Waals surface area contributed by atoms with Gasteiger partial charge in [-0.05, 0) is 19.3 Å². The van der Waals surface area contributed by atoms with E-state index >= 15 is 0 Å².